The lowest BCUT2D eigenvalue weighted by molar-refractivity contribution is 0.0690. The summed E-state index contributed by atoms with van der Waals surface area (Å²) in [5.74, 6) is 0. The number of carbonyl (C=O) groups is 1. The van der Waals surface area contributed by atoms with Crippen molar-refractivity contribution in [3.8, 4) is 0 Å². The molecule has 0 rings (SSSR count). The predicted octanol–water partition coefficient (Wildman–Crippen LogP) is 2.65. The first kappa shape index (κ1) is 12.3. The Morgan fingerprint density at radius 2 is 1.85 bits per heavy atom. The van der Waals surface area contributed by atoms with Crippen LogP contribution in [-0.4, -0.2) is 30.2 Å². The zero-order valence-electron chi connectivity index (χ0n) is 9.17. The molecule has 0 fully saturated rings. The van der Waals surface area contributed by atoms with Crippen LogP contribution in [0.4, 0.5) is 4.79 Å². The zero-order valence-corrected chi connectivity index (χ0v) is 9.17. The fourth-order valence-corrected chi connectivity index (χ4v) is 1.19. The van der Waals surface area contributed by atoms with Gasteiger partial charge in [0.25, 0.3) is 0 Å². The molecule has 0 heterocycles. The largest absolute Gasteiger partial charge is 0.446 e. The minimum absolute atomic E-state index is 0.0399. The molecule has 0 saturated heterocycles. The maximum absolute atomic E-state index is 11.4. The van der Waals surface area contributed by atoms with Crippen LogP contribution in [0.3, 0.4) is 0 Å². The summed E-state index contributed by atoms with van der Waals surface area (Å²) in [5.41, 5.74) is 0. The number of ether oxygens (including phenoxy) is 1. The summed E-state index contributed by atoms with van der Waals surface area (Å²) >= 11 is 0. The Bertz CT molecular complexity index is 144. The molecule has 1 amide bonds. The highest BCUT2D eigenvalue weighted by Crippen LogP contribution is 2.04. The predicted molar refractivity (Wildman–Crippen MR) is 53.8 cm³/mol. The molecule has 0 aromatic rings. The standard InChI is InChI=1S/C10H21NO2/c1-5-8-9(4)13-10(12)11(6-2)7-3/h9H,5-8H2,1-4H3. The normalized spacial score (nSPS) is 12.3. The van der Waals surface area contributed by atoms with Gasteiger partial charge < -0.3 is 9.64 Å². The molecule has 1 atom stereocenters. The molecule has 3 heteroatoms. The maximum atomic E-state index is 11.4. The van der Waals surface area contributed by atoms with Gasteiger partial charge in [-0.3, -0.25) is 0 Å². The van der Waals surface area contributed by atoms with Gasteiger partial charge in [-0.25, -0.2) is 4.79 Å². The molecular weight excluding hydrogens is 166 g/mol. The number of carbonyl (C=O) groups excluding carboxylic acids is 1. The van der Waals surface area contributed by atoms with E-state index in [4.69, 9.17) is 4.74 Å². The van der Waals surface area contributed by atoms with Crippen LogP contribution in [0, 0.1) is 0 Å². The number of nitrogens with zero attached hydrogens (tertiary/aromatic N) is 1. The number of amides is 1. The highest BCUT2D eigenvalue weighted by Gasteiger charge is 2.13. The molecule has 0 aromatic heterocycles. The van der Waals surface area contributed by atoms with Gasteiger partial charge in [-0.15, -0.1) is 0 Å². The van der Waals surface area contributed by atoms with E-state index in [1.54, 1.807) is 4.90 Å². The lowest BCUT2D eigenvalue weighted by atomic mass is 10.2. The van der Waals surface area contributed by atoms with Gasteiger partial charge in [0, 0.05) is 13.1 Å². The van der Waals surface area contributed by atoms with E-state index in [0.717, 1.165) is 12.8 Å². The van der Waals surface area contributed by atoms with Crippen molar-refractivity contribution in [3.05, 3.63) is 0 Å². The molecule has 78 valence electrons. The van der Waals surface area contributed by atoms with E-state index in [1.807, 2.05) is 20.8 Å². The molecule has 13 heavy (non-hydrogen) atoms. The number of rotatable bonds is 5. The molecule has 0 aliphatic heterocycles. The molecule has 1 unspecified atom stereocenters. The second-order valence-corrected chi connectivity index (χ2v) is 3.16. The summed E-state index contributed by atoms with van der Waals surface area (Å²) in [7, 11) is 0. The summed E-state index contributed by atoms with van der Waals surface area (Å²) in [5, 5.41) is 0. The van der Waals surface area contributed by atoms with E-state index in [1.165, 1.54) is 0 Å². The minimum atomic E-state index is -0.189. The summed E-state index contributed by atoms with van der Waals surface area (Å²) in [6.45, 7) is 9.36. The molecule has 0 aliphatic carbocycles. The summed E-state index contributed by atoms with van der Waals surface area (Å²) in [4.78, 5) is 13.1. The zero-order chi connectivity index (χ0) is 10.3. The molecule has 0 N–H and O–H groups in total. The molecule has 0 radical (unpaired) electrons. The Labute approximate surface area is 81.1 Å². The summed E-state index contributed by atoms with van der Waals surface area (Å²) in [6, 6.07) is 0. The van der Waals surface area contributed by atoms with Gasteiger partial charge in [-0.1, -0.05) is 13.3 Å². The van der Waals surface area contributed by atoms with Crippen LogP contribution in [0.15, 0.2) is 0 Å². The molecule has 3 nitrogen and oxygen atoms in total. The van der Waals surface area contributed by atoms with Crippen LogP contribution >= 0.6 is 0 Å². The van der Waals surface area contributed by atoms with E-state index in [-0.39, 0.29) is 12.2 Å². The van der Waals surface area contributed by atoms with E-state index < -0.39 is 0 Å². The Hall–Kier alpha value is -0.730. The number of hydrogen-bond donors (Lipinski definition) is 0. The molecule has 0 aromatic carbocycles. The highest BCUT2D eigenvalue weighted by atomic mass is 16.6. The van der Waals surface area contributed by atoms with Gasteiger partial charge in [0.05, 0.1) is 0 Å². The SMILES string of the molecule is CCCC(C)OC(=O)N(CC)CC. The van der Waals surface area contributed by atoms with Crippen molar-refractivity contribution in [1.29, 1.82) is 0 Å². The fraction of sp³-hybridized carbons (Fsp3) is 0.900. The quantitative estimate of drug-likeness (QED) is 0.662. The second kappa shape index (κ2) is 6.75. The van der Waals surface area contributed by atoms with Crippen molar-refractivity contribution >= 4 is 6.09 Å². The van der Waals surface area contributed by atoms with Gasteiger partial charge in [-0.2, -0.15) is 0 Å². The maximum Gasteiger partial charge on any atom is 0.409 e. The van der Waals surface area contributed by atoms with Crippen LogP contribution in [0.1, 0.15) is 40.5 Å². The summed E-state index contributed by atoms with van der Waals surface area (Å²) < 4.78 is 5.22. The van der Waals surface area contributed by atoms with Crippen LogP contribution in [0.5, 0.6) is 0 Å². The first-order chi connectivity index (χ1) is 6.15. The van der Waals surface area contributed by atoms with Crippen molar-refractivity contribution in [2.45, 2.75) is 46.6 Å². The smallest absolute Gasteiger partial charge is 0.409 e. The third kappa shape index (κ3) is 4.76. The van der Waals surface area contributed by atoms with E-state index in [0.29, 0.717) is 13.1 Å². The van der Waals surface area contributed by atoms with Gasteiger partial charge in [0.15, 0.2) is 0 Å². The average Bonchev–Trinajstić information content (AvgIpc) is 2.06. The minimum Gasteiger partial charge on any atom is -0.446 e. The van der Waals surface area contributed by atoms with Crippen molar-refractivity contribution in [2.24, 2.45) is 0 Å². The van der Waals surface area contributed by atoms with Crippen molar-refractivity contribution in [1.82, 2.24) is 4.90 Å². The third-order valence-corrected chi connectivity index (χ3v) is 2.02. The van der Waals surface area contributed by atoms with Gasteiger partial charge in [-0.05, 0) is 27.2 Å². The summed E-state index contributed by atoms with van der Waals surface area (Å²) in [6.07, 6.45) is 1.84. The van der Waals surface area contributed by atoms with E-state index in [9.17, 15) is 4.79 Å². The lowest BCUT2D eigenvalue weighted by Gasteiger charge is -2.21. The highest BCUT2D eigenvalue weighted by molar-refractivity contribution is 5.67. The Balaban J connectivity index is 3.83. The van der Waals surface area contributed by atoms with Crippen LogP contribution in [0.2, 0.25) is 0 Å². The van der Waals surface area contributed by atoms with Crippen LogP contribution < -0.4 is 0 Å². The Morgan fingerprint density at radius 1 is 1.31 bits per heavy atom. The number of hydrogen-bond acceptors (Lipinski definition) is 2. The third-order valence-electron chi connectivity index (χ3n) is 2.02. The monoisotopic (exact) mass is 187 g/mol. The molecule has 0 saturated carbocycles. The van der Waals surface area contributed by atoms with Gasteiger partial charge >= 0.3 is 6.09 Å². The molecule has 0 aliphatic rings. The van der Waals surface area contributed by atoms with Gasteiger partial charge in [0.1, 0.15) is 6.10 Å². The Kier molecular flexibility index (Phi) is 6.37. The first-order valence-corrected chi connectivity index (χ1v) is 5.11. The molecule has 0 spiro atoms. The van der Waals surface area contributed by atoms with E-state index >= 15 is 0 Å². The van der Waals surface area contributed by atoms with Gasteiger partial charge in [0.2, 0.25) is 0 Å². The van der Waals surface area contributed by atoms with Crippen LogP contribution in [0.25, 0.3) is 0 Å². The first-order valence-electron chi connectivity index (χ1n) is 5.11. The van der Waals surface area contributed by atoms with Crippen molar-refractivity contribution in [2.75, 3.05) is 13.1 Å². The Morgan fingerprint density at radius 3 is 2.23 bits per heavy atom. The topological polar surface area (TPSA) is 29.5 Å². The van der Waals surface area contributed by atoms with Crippen molar-refractivity contribution < 1.29 is 9.53 Å². The average molecular weight is 187 g/mol. The lowest BCUT2D eigenvalue weighted by Crippen LogP contribution is -2.33. The fourth-order valence-electron chi connectivity index (χ4n) is 1.19. The molecular formula is C10H21NO2. The van der Waals surface area contributed by atoms with Crippen molar-refractivity contribution in [3.63, 3.8) is 0 Å². The molecule has 0 bridgehead atoms. The second-order valence-electron chi connectivity index (χ2n) is 3.16. The van der Waals surface area contributed by atoms with E-state index in [2.05, 4.69) is 6.92 Å². The van der Waals surface area contributed by atoms with Crippen LogP contribution in [-0.2, 0) is 4.74 Å².